The van der Waals surface area contributed by atoms with Gasteiger partial charge >= 0.3 is 12.1 Å². The molecule has 1 N–H and O–H groups in total. The highest BCUT2D eigenvalue weighted by Crippen LogP contribution is 2.33. The lowest BCUT2D eigenvalue weighted by Gasteiger charge is -2.13. The van der Waals surface area contributed by atoms with Gasteiger partial charge in [-0.15, -0.1) is 5.75 Å². The molecule has 0 unspecified atom stereocenters. The molecule has 0 saturated heterocycles. The maximum atomic E-state index is 12.2. The number of benzene rings is 1. The number of hydrogen-bond acceptors (Lipinski definition) is 2. The molecule has 0 aliphatic rings. The van der Waals surface area contributed by atoms with E-state index >= 15 is 0 Å². The number of alkyl halides is 3. The van der Waals surface area contributed by atoms with Crippen molar-refractivity contribution in [3.05, 3.63) is 29.3 Å². The summed E-state index contributed by atoms with van der Waals surface area (Å²) in [5.74, 6) is -2.54. The maximum absolute atomic E-state index is 12.2. The molecule has 0 fully saturated rings. The van der Waals surface area contributed by atoms with Gasteiger partial charge in [0.05, 0.1) is 11.1 Å². The zero-order chi connectivity index (χ0) is 10.9. The third kappa shape index (κ3) is 1.95. The predicted octanol–water partition coefficient (Wildman–Crippen LogP) is 1.48. The van der Waals surface area contributed by atoms with Crippen LogP contribution in [-0.2, 0) is 6.18 Å². The highest BCUT2D eigenvalue weighted by atomic mass is 19.4. The summed E-state index contributed by atoms with van der Waals surface area (Å²) in [6.45, 7) is 0. The van der Waals surface area contributed by atoms with Crippen molar-refractivity contribution >= 4 is 5.97 Å². The summed E-state index contributed by atoms with van der Waals surface area (Å²) in [5, 5.41) is 19.1. The number of aromatic carboxylic acids is 1. The van der Waals surface area contributed by atoms with Crippen LogP contribution in [0.3, 0.4) is 0 Å². The first-order chi connectivity index (χ1) is 6.32. The summed E-state index contributed by atoms with van der Waals surface area (Å²) in [7, 11) is 0. The summed E-state index contributed by atoms with van der Waals surface area (Å²) in [6.07, 6.45) is -4.76. The molecule has 0 amide bonds. The minimum absolute atomic E-state index is 0.450. The van der Waals surface area contributed by atoms with Crippen molar-refractivity contribution < 1.29 is 28.2 Å². The van der Waals surface area contributed by atoms with E-state index in [9.17, 15) is 23.1 Å². The van der Waals surface area contributed by atoms with Crippen LogP contribution < -0.4 is 5.11 Å². The predicted molar refractivity (Wildman–Crippen MR) is 37.8 cm³/mol. The van der Waals surface area contributed by atoms with Crippen molar-refractivity contribution in [3.63, 3.8) is 0 Å². The zero-order valence-electron chi connectivity index (χ0n) is 6.63. The fraction of sp³-hybridized carbons (Fsp3) is 0.125. The number of carboxylic acid groups (broad SMARTS) is 1. The van der Waals surface area contributed by atoms with E-state index in [-0.39, 0.29) is 0 Å². The summed E-state index contributed by atoms with van der Waals surface area (Å²) >= 11 is 0. The fourth-order valence-electron chi connectivity index (χ4n) is 0.948. The molecule has 1 aromatic rings. The molecule has 1 rings (SSSR count). The lowest BCUT2D eigenvalue weighted by atomic mass is 10.1. The molecule has 0 radical (unpaired) electrons. The van der Waals surface area contributed by atoms with Gasteiger partial charge in [0.1, 0.15) is 0 Å². The first-order valence-electron chi connectivity index (χ1n) is 3.44. The van der Waals surface area contributed by atoms with Gasteiger partial charge in [-0.3, -0.25) is 0 Å². The molecule has 76 valence electrons. The average molecular weight is 205 g/mol. The van der Waals surface area contributed by atoms with E-state index < -0.39 is 29.0 Å². The van der Waals surface area contributed by atoms with E-state index in [1.165, 1.54) is 0 Å². The minimum Gasteiger partial charge on any atom is -0.872 e. The van der Waals surface area contributed by atoms with Crippen LogP contribution in [0.2, 0.25) is 0 Å². The normalized spacial score (nSPS) is 11.4. The Morgan fingerprint density at radius 1 is 1.36 bits per heavy atom. The third-order valence-corrected chi connectivity index (χ3v) is 1.53. The van der Waals surface area contributed by atoms with E-state index in [4.69, 9.17) is 5.11 Å². The van der Waals surface area contributed by atoms with Gasteiger partial charge in [-0.2, -0.15) is 13.2 Å². The van der Waals surface area contributed by atoms with Crippen LogP contribution in [0.5, 0.6) is 5.75 Å². The van der Waals surface area contributed by atoms with Crippen molar-refractivity contribution in [1.29, 1.82) is 0 Å². The second-order valence-corrected chi connectivity index (χ2v) is 2.51. The molecular formula is C8H4F3O3-. The Kier molecular flexibility index (Phi) is 2.37. The maximum Gasteiger partial charge on any atom is 0.417 e. The van der Waals surface area contributed by atoms with Crippen molar-refractivity contribution in [2.45, 2.75) is 6.18 Å². The van der Waals surface area contributed by atoms with E-state index in [1.807, 2.05) is 0 Å². The Morgan fingerprint density at radius 3 is 2.36 bits per heavy atom. The van der Waals surface area contributed by atoms with Gasteiger partial charge in [-0.25, -0.2) is 4.79 Å². The van der Waals surface area contributed by atoms with Gasteiger partial charge in [0.15, 0.2) is 0 Å². The molecule has 0 aliphatic carbocycles. The number of carboxylic acids is 1. The molecule has 0 spiro atoms. The van der Waals surface area contributed by atoms with Crippen molar-refractivity contribution in [3.8, 4) is 5.75 Å². The Balaban J connectivity index is 3.37. The van der Waals surface area contributed by atoms with E-state index in [0.717, 1.165) is 0 Å². The molecule has 0 aliphatic heterocycles. The molecule has 14 heavy (non-hydrogen) atoms. The third-order valence-electron chi connectivity index (χ3n) is 1.53. The molecule has 0 bridgehead atoms. The van der Waals surface area contributed by atoms with Crippen molar-refractivity contribution in [2.24, 2.45) is 0 Å². The van der Waals surface area contributed by atoms with Gasteiger partial charge in [-0.05, 0) is 6.07 Å². The highest BCUT2D eigenvalue weighted by Gasteiger charge is 2.34. The largest absolute Gasteiger partial charge is 0.872 e. The quantitative estimate of drug-likeness (QED) is 0.755. The number of halogens is 3. The Bertz CT molecular complexity index is 371. The van der Waals surface area contributed by atoms with Crippen LogP contribution in [-0.4, -0.2) is 11.1 Å². The highest BCUT2D eigenvalue weighted by molar-refractivity contribution is 5.90. The second-order valence-electron chi connectivity index (χ2n) is 2.51. The topological polar surface area (TPSA) is 60.4 Å². The molecule has 0 heterocycles. The lowest BCUT2D eigenvalue weighted by Crippen LogP contribution is -2.13. The van der Waals surface area contributed by atoms with Gasteiger partial charge in [-0.1, -0.05) is 12.1 Å². The first-order valence-corrected chi connectivity index (χ1v) is 3.44. The fourth-order valence-corrected chi connectivity index (χ4v) is 0.948. The SMILES string of the molecule is O=C(O)c1cc([O-])ccc1C(F)(F)F. The standard InChI is InChI=1S/C8H5F3O3/c9-8(10,11)6-2-1-4(12)3-5(6)7(13)14/h1-3,12H,(H,13,14)/p-1. The van der Waals surface area contributed by atoms with Crippen LogP contribution in [0.15, 0.2) is 18.2 Å². The summed E-state index contributed by atoms with van der Waals surface area (Å²) < 4.78 is 36.5. The van der Waals surface area contributed by atoms with Crippen LogP contribution >= 0.6 is 0 Å². The average Bonchev–Trinajstić information content (AvgIpc) is 2.01. The molecule has 6 heteroatoms. The van der Waals surface area contributed by atoms with Gasteiger partial charge < -0.3 is 10.2 Å². The Labute approximate surface area is 76.4 Å². The van der Waals surface area contributed by atoms with E-state index in [2.05, 4.69) is 0 Å². The van der Waals surface area contributed by atoms with Crippen LogP contribution in [0.1, 0.15) is 15.9 Å². The molecule has 1 aromatic carbocycles. The number of hydrogen-bond donors (Lipinski definition) is 1. The monoisotopic (exact) mass is 205 g/mol. The molecular weight excluding hydrogens is 201 g/mol. The molecule has 3 nitrogen and oxygen atoms in total. The lowest BCUT2D eigenvalue weighted by molar-refractivity contribution is -0.268. The zero-order valence-corrected chi connectivity index (χ0v) is 6.63. The van der Waals surface area contributed by atoms with E-state index in [0.29, 0.717) is 18.2 Å². The Morgan fingerprint density at radius 2 is 1.93 bits per heavy atom. The van der Waals surface area contributed by atoms with Crippen LogP contribution in [0.25, 0.3) is 0 Å². The van der Waals surface area contributed by atoms with Crippen LogP contribution in [0.4, 0.5) is 13.2 Å². The molecule has 0 atom stereocenters. The smallest absolute Gasteiger partial charge is 0.417 e. The van der Waals surface area contributed by atoms with E-state index in [1.54, 1.807) is 0 Å². The summed E-state index contributed by atoms with van der Waals surface area (Å²) in [5.41, 5.74) is -2.34. The number of carbonyl (C=O) groups is 1. The van der Waals surface area contributed by atoms with Gasteiger partial charge in [0.2, 0.25) is 0 Å². The van der Waals surface area contributed by atoms with Gasteiger partial charge in [0, 0.05) is 0 Å². The molecule has 0 saturated carbocycles. The van der Waals surface area contributed by atoms with Gasteiger partial charge in [0.25, 0.3) is 0 Å². The van der Waals surface area contributed by atoms with Crippen molar-refractivity contribution in [1.82, 2.24) is 0 Å². The first kappa shape index (κ1) is 10.4. The van der Waals surface area contributed by atoms with Crippen molar-refractivity contribution in [2.75, 3.05) is 0 Å². The number of rotatable bonds is 1. The van der Waals surface area contributed by atoms with Crippen LogP contribution in [0, 0.1) is 0 Å². The minimum atomic E-state index is -4.76. The Hall–Kier alpha value is -1.72. The summed E-state index contributed by atoms with van der Waals surface area (Å²) in [6, 6.07) is 1.59. The summed E-state index contributed by atoms with van der Waals surface area (Å²) in [4.78, 5) is 10.4. The second kappa shape index (κ2) is 3.21. The molecule has 0 aromatic heterocycles.